The van der Waals surface area contributed by atoms with Gasteiger partial charge in [-0.2, -0.15) is 0 Å². The zero-order valence-electron chi connectivity index (χ0n) is 10.2. The van der Waals surface area contributed by atoms with E-state index in [1.807, 2.05) is 12.3 Å². The minimum absolute atomic E-state index is 0.633. The lowest BCUT2D eigenvalue weighted by molar-refractivity contribution is 0.113. The number of likely N-dealkylation sites (N-methyl/N-ethyl adjacent to an activating group) is 2. The number of hydrogen-bond acceptors (Lipinski definition) is 3. The molecule has 4 nitrogen and oxygen atoms in total. The molecular weight excluding hydrogens is 200 g/mol. The molecule has 4 heteroatoms. The number of aromatic nitrogens is 1. The molecule has 16 heavy (non-hydrogen) atoms. The van der Waals surface area contributed by atoms with E-state index >= 15 is 0 Å². The molecule has 1 aliphatic heterocycles. The lowest BCUT2D eigenvalue weighted by Crippen LogP contribution is -2.53. The number of H-pyrrole nitrogens is 1. The fraction of sp³-hybridized carbons (Fsp3) is 0.667. The van der Waals surface area contributed by atoms with Crippen molar-refractivity contribution in [2.75, 3.05) is 40.3 Å². The van der Waals surface area contributed by atoms with Gasteiger partial charge in [0.2, 0.25) is 0 Å². The Labute approximate surface area is 97.6 Å². The molecule has 0 aliphatic carbocycles. The summed E-state index contributed by atoms with van der Waals surface area (Å²) >= 11 is 0. The molecular formula is C12H22N4. The number of hydrogen-bond donors (Lipinski definition) is 2. The first kappa shape index (κ1) is 11.6. The van der Waals surface area contributed by atoms with Crippen LogP contribution in [0.2, 0.25) is 0 Å². The number of aromatic amines is 1. The number of nitrogens with zero attached hydrogens (tertiary/aromatic N) is 2. The summed E-state index contributed by atoms with van der Waals surface area (Å²) < 4.78 is 0. The third kappa shape index (κ3) is 3.07. The molecule has 1 aromatic rings. The van der Waals surface area contributed by atoms with Crippen LogP contribution in [0, 0.1) is 0 Å². The molecule has 2 heterocycles. The summed E-state index contributed by atoms with van der Waals surface area (Å²) in [5, 5.41) is 3.51. The largest absolute Gasteiger partial charge is 0.364 e. The Bertz CT molecular complexity index is 296. The summed E-state index contributed by atoms with van der Waals surface area (Å²) in [7, 11) is 4.42. The molecule has 2 N–H and O–H groups in total. The van der Waals surface area contributed by atoms with Crippen LogP contribution >= 0.6 is 0 Å². The maximum atomic E-state index is 3.51. The Kier molecular flexibility index (Phi) is 3.98. The number of rotatable bonds is 4. The number of piperazine rings is 1. The Morgan fingerprint density at radius 3 is 3.06 bits per heavy atom. The summed E-state index contributed by atoms with van der Waals surface area (Å²) in [6.45, 7) is 5.50. The second-order valence-corrected chi connectivity index (χ2v) is 4.72. The normalized spacial score (nSPS) is 23.8. The molecule has 90 valence electrons. The minimum Gasteiger partial charge on any atom is -0.364 e. The van der Waals surface area contributed by atoms with Gasteiger partial charge in [0.15, 0.2) is 0 Å². The van der Waals surface area contributed by atoms with Crippen LogP contribution in [0.4, 0.5) is 0 Å². The van der Waals surface area contributed by atoms with E-state index in [9.17, 15) is 0 Å². The first-order chi connectivity index (χ1) is 7.75. The number of nitrogens with one attached hydrogen (secondary N) is 2. The van der Waals surface area contributed by atoms with Gasteiger partial charge >= 0.3 is 0 Å². The van der Waals surface area contributed by atoms with Crippen LogP contribution < -0.4 is 5.32 Å². The minimum atomic E-state index is 0.633. The van der Waals surface area contributed by atoms with Crippen LogP contribution in [-0.2, 0) is 6.54 Å². The van der Waals surface area contributed by atoms with Crippen molar-refractivity contribution in [2.24, 2.45) is 0 Å². The van der Waals surface area contributed by atoms with Gasteiger partial charge in [0, 0.05) is 50.7 Å². The van der Waals surface area contributed by atoms with E-state index in [4.69, 9.17) is 0 Å². The second-order valence-electron chi connectivity index (χ2n) is 4.72. The van der Waals surface area contributed by atoms with Crippen LogP contribution in [0.25, 0.3) is 0 Å². The highest BCUT2D eigenvalue weighted by Gasteiger charge is 2.21. The molecule has 1 saturated heterocycles. The van der Waals surface area contributed by atoms with Crippen LogP contribution in [0.3, 0.4) is 0 Å². The monoisotopic (exact) mass is 222 g/mol. The molecule has 0 aromatic carbocycles. The van der Waals surface area contributed by atoms with Gasteiger partial charge in [-0.05, 0) is 26.2 Å². The van der Waals surface area contributed by atoms with E-state index < -0.39 is 0 Å². The van der Waals surface area contributed by atoms with Crippen LogP contribution in [0.1, 0.15) is 5.69 Å². The summed E-state index contributed by atoms with van der Waals surface area (Å²) in [6.07, 6.45) is 1.97. The molecule has 1 unspecified atom stereocenters. The van der Waals surface area contributed by atoms with E-state index in [1.54, 1.807) is 0 Å². The Morgan fingerprint density at radius 2 is 2.31 bits per heavy atom. The Balaban J connectivity index is 1.72. The van der Waals surface area contributed by atoms with Crippen molar-refractivity contribution in [3.05, 3.63) is 24.0 Å². The average molecular weight is 222 g/mol. The molecule has 1 aromatic heterocycles. The van der Waals surface area contributed by atoms with Gasteiger partial charge in [-0.3, -0.25) is 4.90 Å². The van der Waals surface area contributed by atoms with Crippen LogP contribution in [-0.4, -0.2) is 61.1 Å². The van der Waals surface area contributed by atoms with Crippen molar-refractivity contribution in [3.8, 4) is 0 Å². The van der Waals surface area contributed by atoms with Gasteiger partial charge in [0.05, 0.1) is 0 Å². The van der Waals surface area contributed by atoms with Crippen molar-refractivity contribution < 1.29 is 0 Å². The summed E-state index contributed by atoms with van der Waals surface area (Å²) in [4.78, 5) is 8.06. The molecule has 0 bridgehead atoms. The maximum Gasteiger partial charge on any atom is 0.0357 e. The summed E-state index contributed by atoms with van der Waals surface area (Å²) in [6, 6.07) is 4.79. The quantitative estimate of drug-likeness (QED) is 0.771. The van der Waals surface area contributed by atoms with Gasteiger partial charge in [0.25, 0.3) is 0 Å². The van der Waals surface area contributed by atoms with E-state index in [0.717, 1.165) is 19.6 Å². The first-order valence-electron chi connectivity index (χ1n) is 5.97. The predicted octanol–water partition coefficient (Wildman–Crippen LogP) is 0.350. The lowest BCUT2D eigenvalue weighted by atomic mass is 10.2. The lowest BCUT2D eigenvalue weighted by Gasteiger charge is -2.37. The van der Waals surface area contributed by atoms with Crippen molar-refractivity contribution in [3.63, 3.8) is 0 Å². The van der Waals surface area contributed by atoms with E-state index in [1.165, 1.54) is 18.8 Å². The fourth-order valence-corrected chi connectivity index (χ4v) is 2.17. The van der Waals surface area contributed by atoms with Gasteiger partial charge in [-0.15, -0.1) is 0 Å². The summed E-state index contributed by atoms with van der Waals surface area (Å²) in [5.41, 5.74) is 1.26. The molecule has 0 saturated carbocycles. The van der Waals surface area contributed by atoms with E-state index in [0.29, 0.717) is 6.04 Å². The fourth-order valence-electron chi connectivity index (χ4n) is 2.17. The average Bonchev–Trinajstić information content (AvgIpc) is 2.76. The zero-order valence-corrected chi connectivity index (χ0v) is 10.2. The first-order valence-corrected chi connectivity index (χ1v) is 5.97. The maximum absolute atomic E-state index is 3.51. The Hall–Kier alpha value is -0.840. The molecule has 0 radical (unpaired) electrons. The molecule has 1 atom stereocenters. The van der Waals surface area contributed by atoms with Gasteiger partial charge in [-0.1, -0.05) is 0 Å². The Morgan fingerprint density at radius 1 is 1.44 bits per heavy atom. The van der Waals surface area contributed by atoms with Crippen molar-refractivity contribution in [2.45, 2.75) is 12.6 Å². The molecule has 1 aliphatic rings. The van der Waals surface area contributed by atoms with Crippen LogP contribution in [0.15, 0.2) is 18.3 Å². The van der Waals surface area contributed by atoms with E-state index in [2.05, 4.69) is 40.3 Å². The second kappa shape index (κ2) is 5.48. The third-order valence-electron chi connectivity index (χ3n) is 3.34. The highest BCUT2D eigenvalue weighted by molar-refractivity contribution is 5.03. The van der Waals surface area contributed by atoms with Crippen molar-refractivity contribution >= 4 is 0 Å². The highest BCUT2D eigenvalue weighted by Crippen LogP contribution is 2.05. The van der Waals surface area contributed by atoms with Crippen molar-refractivity contribution in [1.29, 1.82) is 0 Å². The molecule has 0 amide bonds. The smallest absolute Gasteiger partial charge is 0.0357 e. The standard InChI is InChI=1S/C12H22N4/c1-15-6-7-16(2)12(10-15)9-13-8-11-4-3-5-14-11/h3-5,12-14H,6-10H2,1-2H3. The molecule has 1 fully saturated rings. The highest BCUT2D eigenvalue weighted by atomic mass is 15.3. The topological polar surface area (TPSA) is 34.3 Å². The third-order valence-corrected chi connectivity index (χ3v) is 3.34. The van der Waals surface area contributed by atoms with Gasteiger partial charge < -0.3 is 15.2 Å². The SMILES string of the molecule is CN1CCN(C)C(CNCc2ccc[nH]2)C1. The van der Waals surface area contributed by atoms with Gasteiger partial charge in [0.1, 0.15) is 0 Å². The van der Waals surface area contributed by atoms with Crippen molar-refractivity contribution in [1.82, 2.24) is 20.1 Å². The van der Waals surface area contributed by atoms with Gasteiger partial charge in [-0.25, -0.2) is 0 Å². The van der Waals surface area contributed by atoms with Crippen LogP contribution in [0.5, 0.6) is 0 Å². The summed E-state index contributed by atoms with van der Waals surface area (Å²) in [5.74, 6) is 0. The van der Waals surface area contributed by atoms with E-state index in [-0.39, 0.29) is 0 Å². The molecule has 2 rings (SSSR count). The molecule has 0 spiro atoms. The predicted molar refractivity (Wildman–Crippen MR) is 66.4 cm³/mol. The zero-order chi connectivity index (χ0) is 11.4.